The number of hydrogen-bond acceptors (Lipinski definition) is 3. The number of carbonyl (C=O) groups is 2. The molecule has 1 atom stereocenters. The molecule has 0 bridgehead atoms. The lowest BCUT2D eigenvalue weighted by Gasteiger charge is -2.19. The Kier molecular flexibility index (Phi) is 3.86. The zero-order chi connectivity index (χ0) is 13.3. The molecule has 1 unspecified atom stereocenters. The van der Waals surface area contributed by atoms with Gasteiger partial charge in [0, 0.05) is 16.5 Å². The molecule has 0 saturated carbocycles. The maximum absolute atomic E-state index is 11.9. The second-order valence-electron chi connectivity index (χ2n) is 4.28. The molecular weight excluding hydrogens is 347 g/mol. The molecule has 0 spiro atoms. The third-order valence-corrected chi connectivity index (χ3v) is 3.69. The first-order chi connectivity index (χ1) is 8.52. The van der Waals surface area contributed by atoms with E-state index in [0.717, 1.165) is 3.57 Å². The summed E-state index contributed by atoms with van der Waals surface area (Å²) >= 11 is 2.05. The lowest BCUT2D eigenvalue weighted by atomic mass is 10.1. The van der Waals surface area contributed by atoms with Gasteiger partial charge in [-0.25, -0.2) is 4.79 Å². The maximum Gasteiger partial charge on any atom is 0.337 e. The fourth-order valence-corrected chi connectivity index (χ4v) is 2.58. The summed E-state index contributed by atoms with van der Waals surface area (Å²) in [6.07, 6.45) is 0.390. The van der Waals surface area contributed by atoms with Crippen LogP contribution in [0.1, 0.15) is 16.8 Å². The largest absolute Gasteiger partial charge is 0.478 e. The molecule has 1 aliphatic rings. The van der Waals surface area contributed by atoms with Crippen LogP contribution in [0.2, 0.25) is 0 Å². The van der Waals surface area contributed by atoms with Gasteiger partial charge in [-0.2, -0.15) is 0 Å². The molecule has 6 heteroatoms. The van der Waals surface area contributed by atoms with Crippen LogP contribution in [0.4, 0.5) is 5.69 Å². The van der Waals surface area contributed by atoms with E-state index in [-0.39, 0.29) is 17.4 Å². The first-order valence-corrected chi connectivity index (χ1v) is 6.64. The Hall–Kier alpha value is -1.15. The van der Waals surface area contributed by atoms with E-state index in [4.69, 9.17) is 5.73 Å². The number of benzene rings is 1. The molecule has 3 N–H and O–H groups in total. The van der Waals surface area contributed by atoms with Crippen LogP contribution in [-0.4, -0.2) is 30.1 Å². The van der Waals surface area contributed by atoms with E-state index in [1.807, 2.05) is 22.6 Å². The van der Waals surface area contributed by atoms with Crippen molar-refractivity contribution >= 4 is 40.2 Å². The zero-order valence-corrected chi connectivity index (χ0v) is 11.8. The maximum atomic E-state index is 11.9. The van der Waals surface area contributed by atoms with Gasteiger partial charge in [-0.05, 0) is 53.3 Å². The van der Waals surface area contributed by atoms with Crippen LogP contribution < -0.4 is 10.6 Å². The molecule has 1 saturated heterocycles. The van der Waals surface area contributed by atoms with Gasteiger partial charge in [0.1, 0.15) is 0 Å². The monoisotopic (exact) mass is 360 g/mol. The van der Waals surface area contributed by atoms with Crippen molar-refractivity contribution in [3.63, 3.8) is 0 Å². The van der Waals surface area contributed by atoms with Crippen LogP contribution in [0.25, 0.3) is 0 Å². The number of nitrogens with two attached hydrogens (primary N) is 1. The molecule has 1 aromatic rings. The molecule has 1 aliphatic heterocycles. The minimum absolute atomic E-state index is 0.0610. The fourth-order valence-electron chi connectivity index (χ4n) is 2.09. The van der Waals surface area contributed by atoms with E-state index >= 15 is 0 Å². The van der Waals surface area contributed by atoms with Crippen molar-refractivity contribution in [2.24, 2.45) is 11.7 Å². The number of aromatic carboxylic acids is 1. The Labute approximate surface area is 118 Å². The lowest BCUT2D eigenvalue weighted by Crippen LogP contribution is -2.27. The van der Waals surface area contributed by atoms with E-state index in [2.05, 4.69) is 0 Å². The van der Waals surface area contributed by atoms with Crippen LogP contribution in [0, 0.1) is 9.49 Å². The van der Waals surface area contributed by atoms with Crippen LogP contribution >= 0.6 is 22.6 Å². The van der Waals surface area contributed by atoms with Crippen LogP contribution in [0.3, 0.4) is 0 Å². The van der Waals surface area contributed by atoms with Gasteiger partial charge in [0.05, 0.1) is 11.3 Å². The summed E-state index contributed by atoms with van der Waals surface area (Å²) in [6, 6.07) is 5.05. The first kappa shape index (κ1) is 13.3. The number of halogens is 1. The number of carboxylic acids is 1. The molecule has 0 radical (unpaired) electrons. The van der Waals surface area contributed by atoms with E-state index in [9.17, 15) is 14.7 Å². The van der Waals surface area contributed by atoms with Crippen molar-refractivity contribution < 1.29 is 14.7 Å². The Morgan fingerprint density at radius 1 is 1.56 bits per heavy atom. The summed E-state index contributed by atoms with van der Waals surface area (Å²) in [7, 11) is 0. The van der Waals surface area contributed by atoms with Crippen molar-refractivity contribution in [3.05, 3.63) is 27.3 Å². The highest BCUT2D eigenvalue weighted by Gasteiger charge is 2.31. The average Bonchev–Trinajstić information content (AvgIpc) is 2.70. The van der Waals surface area contributed by atoms with E-state index in [1.54, 1.807) is 18.2 Å². The van der Waals surface area contributed by atoms with Gasteiger partial charge in [-0.15, -0.1) is 0 Å². The molecule has 1 fully saturated rings. The highest BCUT2D eigenvalue weighted by atomic mass is 127. The molecule has 1 amide bonds. The molecule has 1 aromatic carbocycles. The number of nitrogens with zero attached hydrogens (tertiary/aromatic N) is 1. The molecule has 0 aliphatic carbocycles. The van der Waals surface area contributed by atoms with Crippen LogP contribution in [0.15, 0.2) is 18.2 Å². The molecule has 2 rings (SSSR count). The molecule has 96 valence electrons. The molecule has 18 heavy (non-hydrogen) atoms. The molecule has 0 aromatic heterocycles. The van der Waals surface area contributed by atoms with Crippen molar-refractivity contribution in [1.29, 1.82) is 0 Å². The highest BCUT2D eigenvalue weighted by Crippen LogP contribution is 2.29. The summed E-state index contributed by atoms with van der Waals surface area (Å²) in [5, 5.41) is 9.19. The van der Waals surface area contributed by atoms with Gasteiger partial charge in [0.25, 0.3) is 0 Å². The normalized spacial score (nSPS) is 19.3. The summed E-state index contributed by atoms with van der Waals surface area (Å²) < 4.78 is 0.829. The smallest absolute Gasteiger partial charge is 0.337 e. The van der Waals surface area contributed by atoms with Gasteiger partial charge < -0.3 is 15.7 Å². The lowest BCUT2D eigenvalue weighted by molar-refractivity contribution is -0.117. The average molecular weight is 360 g/mol. The summed E-state index contributed by atoms with van der Waals surface area (Å²) in [6.45, 7) is 0.936. The van der Waals surface area contributed by atoms with Gasteiger partial charge in [0.15, 0.2) is 0 Å². The summed E-state index contributed by atoms with van der Waals surface area (Å²) in [5.41, 5.74) is 6.18. The predicted octanol–water partition coefficient (Wildman–Crippen LogP) is 1.30. The van der Waals surface area contributed by atoms with E-state index in [0.29, 0.717) is 25.2 Å². The zero-order valence-electron chi connectivity index (χ0n) is 9.60. The second-order valence-corrected chi connectivity index (χ2v) is 5.52. The Morgan fingerprint density at radius 3 is 2.83 bits per heavy atom. The van der Waals surface area contributed by atoms with Gasteiger partial charge in [-0.1, -0.05) is 0 Å². The number of hydrogen-bond donors (Lipinski definition) is 2. The highest BCUT2D eigenvalue weighted by molar-refractivity contribution is 14.1. The minimum Gasteiger partial charge on any atom is -0.478 e. The Bertz CT molecular complexity index is 504. The summed E-state index contributed by atoms with van der Waals surface area (Å²) in [4.78, 5) is 24.6. The van der Waals surface area contributed by atoms with Crippen molar-refractivity contribution in [3.8, 4) is 0 Å². The van der Waals surface area contributed by atoms with Crippen LogP contribution in [-0.2, 0) is 4.79 Å². The topological polar surface area (TPSA) is 83.6 Å². The first-order valence-electron chi connectivity index (χ1n) is 5.56. The van der Waals surface area contributed by atoms with Gasteiger partial charge >= 0.3 is 5.97 Å². The van der Waals surface area contributed by atoms with Crippen molar-refractivity contribution in [1.82, 2.24) is 0 Å². The SMILES string of the molecule is NCC1CC(=O)N(c2ccc(I)cc2C(=O)O)C1. The number of carboxylic acid groups (broad SMARTS) is 1. The fraction of sp³-hybridized carbons (Fsp3) is 0.333. The second kappa shape index (κ2) is 5.23. The predicted molar refractivity (Wildman–Crippen MR) is 75.6 cm³/mol. The van der Waals surface area contributed by atoms with E-state index in [1.165, 1.54) is 4.90 Å². The van der Waals surface area contributed by atoms with E-state index < -0.39 is 5.97 Å². The van der Waals surface area contributed by atoms with Crippen molar-refractivity contribution in [2.45, 2.75) is 6.42 Å². The standard InChI is InChI=1S/C12H13IN2O3/c13-8-1-2-10(9(4-8)12(17)18)15-6-7(5-14)3-11(15)16/h1-2,4,7H,3,5-6,14H2,(H,17,18). The molecule has 5 nitrogen and oxygen atoms in total. The number of rotatable bonds is 3. The van der Waals surface area contributed by atoms with Gasteiger partial charge in [-0.3, -0.25) is 4.79 Å². The summed E-state index contributed by atoms with van der Waals surface area (Å²) in [5.74, 6) is -0.972. The number of amides is 1. The minimum atomic E-state index is -1.02. The van der Waals surface area contributed by atoms with Gasteiger partial charge in [0.2, 0.25) is 5.91 Å². The number of anilines is 1. The third kappa shape index (κ3) is 2.49. The molecule has 1 heterocycles. The molecular formula is C12H13IN2O3. The van der Waals surface area contributed by atoms with Crippen LogP contribution in [0.5, 0.6) is 0 Å². The van der Waals surface area contributed by atoms with Crippen molar-refractivity contribution in [2.75, 3.05) is 18.0 Å². The number of carbonyl (C=O) groups excluding carboxylic acids is 1. The Balaban J connectivity index is 2.39. The quantitative estimate of drug-likeness (QED) is 0.796. The third-order valence-electron chi connectivity index (χ3n) is 3.02. The Morgan fingerprint density at radius 2 is 2.28 bits per heavy atom.